The molecule has 1 aromatic rings. The summed E-state index contributed by atoms with van der Waals surface area (Å²) in [6.07, 6.45) is 8.87. The molecule has 166 valence electrons. The number of nitrogens with one attached hydrogen (secondary N) is 1. The van der Waals surface area contributed by atoms with E-state index < -0.39 is 11.7 Å². The van der Waals surface area contributed by atoms with E-state index in [9.17, 15) is 9.59 Å². The van der Waals surface area contributed by atoms with Gasteiger partial charge in [0.05, 0.1) is 0 Å². The van der Waals surface area contributed by atoms with Gasteiger partial charge in [0.2, 0.25) is 11.9 Å². The van der Waals surface area contributed by atoms with Crippen molar-refractivity contribution in [2.75, 3.05) is 37.6 Å². The van der Waals surface area contributed by atoms with Crippen LogP contribution in [0, 0.1) is 5.41 Å². The molecule has 3 rings (SSSR count). The standard InChI is InChI=1S/C22H35N5O3/c1-21(2,3)30-20(29)25-17-22(8-5-4-6-9-22)16-18(28)26-12-14-27(15-13-26)19-23-10-7-11-24-19/h7,10-11H,4-6,8-9,12-17H2,1-3H3,(H,25,29). The third-order valence-corrected chi connectivity index (χ3v) is 5.91. The predicted molar refractivity (Wildman–Crippen MR) is 115 cm³/mol. The molecule has 2 amide bonds. The van der Waals surface area contributed by atoms with Crippen molar-refractivity contribution < 1.29 is 14.3 Å². The zero-order valence-electron chi connectivity index (χ0n) is 18.5. The van der Waals surface area contributed by atoms with Crippen LogP contribution in [0.5, 0.6) is 0 Å². The van der Waals surface area contributed by atoms with E-state index in [0.717, 1.165) is 44.7 Å². The minimum Gasteiger partial charge on any atom is -0.444 e. The number of hydrogen-bond acceptors (Lipinski definition) is 6. The van der Waals surface area contributed by atoms with E-state index in [1.54, 1.807) is 18.5 Å². The molecule has 0 radical (unpaired) electrons. The van der Waals surface area contributed by atoms with Crippen LogP contribution >= 0.6 is 0 Å². The van der Waals surface area contributed by atoms with Gasteiger partial charge in [0.1, 0.15) is 5.60 Å². The summed E-state index contributed by atoms with van der Waals surface area (Å²) in [5.41, 5.74) is -0.701. The zero-order valence-corrected chi connectivity index (χ0v) is 18.5. The van der Waals surface area contributed by atoms with Crippen LogP contribution in [0.2, 0.25) is 0 Å². The lowest BCUT2D eigenvalue weighted by molar-refractivity contribution is -0.134. The van der Waals surface area contributed by atoms with Crippen LogP contribution in [0.25, 0.3) is 0 Å². The van der Waals surface area contributed by atoms with Gasteiger partial charge in [-0.1, -0.05) is 19.3 Å². The van der Waals surface area contributed by atoms with Crippen LogP contribution in [-0.2, 0) is 9.53 Å². The average Bonchev–Trinajstić information content (AvgIpc) is 2.73. The first-order valence-corrected chi connectivity index (χ1v) is 11.0. The number of piperazine rings is 1. The number of anilines is 1. The van der Waals surface area contributed by atoms with Gasteiger partial charge < -0.3 is 19.9 Å². The third-order valence-electron chi connectivity index (χ3n) is 5.91. The highest BCUT2D eigenvalue weighted by atomic mass is 16.6. The highest BCUT2D eigenvalue weighted by molar-refractivity contribution is 5.77. The summed E-state index contributed by atoms with van der Waals surface area (Å²) in [6.45, 7) is 8.87. The Bertz CT molecular complexity index is 705. The lowest BCUT2D eigenvalue weighted by Gasteiger charge is -2.40. The molecule has 1 aromatic heterocycles. The van der Waals surface area contributed by atoms with Crippen molar-refractivity contribution in [2.45, 2.75) is 64.9 Å². The van der Waals surface area contributed by atoms with Gasteiger partial charge in [0.15, 0.2) is 0 Å². The monoisotopic (exact) mass is 417 g/mol. The van der Waals surface area contributed by atoms with Crippen molar-refractivity contribution >= 4 is 17.9 Å². The smallest absolute Gasteiger partial charge is 0.407 e. The number of amides is 2. The Morgan fingerprint density at radius 2 is 1.70 bits per heavy atom. The second-order valence-corrected chi connectivity index (χ2v) is 9.51. The van der Waals surface area contributed by atoms with E-state index in [4.69, 9.17) is 4.74 Å². The van der Waals surface area contributed by atoms with Gasteiger partial charge in [0, 0.05) is 51.5 Å². The highest BCUT2D eigenvalue weighted by Crippen LogP contribution is 2.39. The van der Waals surface area contributed by atoms with Gasteiger partial charge in [-0.05, 0) is 45.1 Å². The molecule has 0 bridgehead atoms. The summed E-state index contributed by atoms with van der Waals surface area (Å²) in [5, 5.41) is 2.93. The Balaban J connectivity index is 1.54. The average molecular weight is 418 g/mol. The Morgan fingerprint density at radius 1 is 1.07 bits per heavy atom. The number of nitrogens with zero attached hydrogens (tertiary/aromatic N) is 4. The fourth-order valence-electron chi connectivity index (χ4n) is 4.33. The van der Waals surface area contributed by atoms with E-state index in [2.05, 4.69) is 20.2 Å². The lowest BCUT2D eigenvalue weighted by Crippen LogP contribution is -2.51. The van der Waals surface area contributed by atoms with Gasteiger partial charge >= 0.3 is 6.09 Å². The molecule has 0 spiro atoms. The van der Waals surface area contributed by atoms with E-state index >= 15 is 0 Å². The van der Waals surface area contributed by atoms with Crippen molar-refractivity contribution in [3.05, 3.63) is 18.5 Å². The molecule has 1 N–H and O–H groups in total. The number of aromatic nitrogens is 2. The Morgan fingerprint density at radius 3 is 2.30 bits per heavy atom. The predicted octanol–water partition coefficient (Wildman–Crippen LogP) is 2.99. The van der Waals surface area contributed by atoms with Crippen LogP contribution in [0.1, 0.15) is 59.3 Å². The van der Waals surface area contributed by atoms with Crippen molar-refractivity contribution in [1.82, 2.24) is 20.2 Å². The molecule has 30 heavy (non-hydrogen) atoms. The van der Waals surface area contributed by atoms with Crippen LogP contribution in [0.3, 0.4) is 0 Å². The van der Waals surface area contributed by atoms with Gasteiger partial charge in [-0.2, -0.15) is 0 Å². The van der Waals surface area contributed by atoms with Gasteiger partial charge in [-0.3, -0.25) is 4.79 Å². The summed E-state index contributed by atoms with van der Waals surface area (Å²) < 4.78 is 5.39. The van der Waals surface area contributed by atoms with Crippen molar-refractivity contribution in [3.8, 4) is 0 Å². The normalized spacial score (nSPS) is 19.3. The lowest BCUT2D eigenvalue weighted by atomic mass is 9.71. The Kier molecular flexibility index (Phi) is 7.15. The fraction of sp³-hybridized carbons (Fsp3) is 0.727. The second kappa shape index (κ2) is 9.62. The molecule has 0 atom stereocenters. The first kappa shape index (κ1) is 22.3. The molecule has 1 aliphatic heterocycles. The van der Waals surface area contributed by atoms with Crippen molar-refractivity contribution in [1.29, 1.82) is 0 Å². The number of carbonyl (C=O) groups is 2. The molecule has 2 heterocycles. The molecule has 1 saturated carbocycles. The summed E-state index contributed by atoms with van der Waals surface area (Å²) in [7, 11) is 0. The molecule has 2 aliphatic rings. The van der Waals surface area contributed by atoms with Crippen LogP contribution in [0.15, 0.2) is 18.5 Å². The SMILES string of the molecule is CC(C)(C)OC(=O)NCC1(CC(=O)N2CCN(c3ncccn3)CC2)CCCCC1. The maximum absolute atomic E-state index is 13.1. The van der Waals surface area contributed by atoms with Gasteiger partial charge in [0.25, 0.3) is 0 Å². The van der Waals surface area contributed by atoms with Crippen LogP contribution < -0.4 is 10.2 Å². The van der Waals surface area contributed by atoms with E-state index in [1.165, 1.54) is 6.42 Å². The van der Waals surface area contributed by atoms with Crippen LogP contribution in [-0.4, -0.2) is 65.2 Å². The first-order valence-electron chi connectivity index (χ1n) is 11.0. The van der Waals surface area contributed by atoms with Crippen LogP contribution in [0.4, 0.5) is 10.7 Å². The zero-order chi connectivity index (χ0) is 21.6. The second-order valence-electron chi connectivity index (χ2n) is 9.51. The molecule has 1 aliphatic carbocycles. The highest BCUT2D eigenvalue weighted by Gasteiger charge is 2.37. The summed E-state index contributed by atoms with van der Waals surface area (Å²) >= 11 is 0. The largest absolute Gasteiger partial charge is 0.444 e. The molecule has 1 saturated heterocycles. The number of alkyl carbamates (subject to hydrolysis) is 1. The summed E-state index contributed by atoms with van der Waals surface area (Å²) in [4.78, 5) is 37.9. The molecule has 0 unspecified atom stereocenters. The van der Waals surface area contributed by atoms with Crippen molar-refractivity contribution in [3.63, 3.8) is 0 Å². The minimum atomic E-state index is -0.526. The molecular weight excluding hydrogens is 382 g/mol. The fourth-order valence-corrected chi connectivity index (χ4v) is 4.33. The molecule has 2 fully saturated rings. The summed E-state index contributed by atoms with van der Waals surface area (Å²) in [6, 6.07) is 1.80. The third kappa shape index (κ3) is 6.31. The quantitative estimate of drug-likeness (QED) is 0.792. The Labute approximate surface area is 179 Å². The van der Waals surface area contributed by atoms with E-state index in [0.29, 0.717) is 26.1 Å². The number of ether oxygens (including phenoxy) is 1. The maximum atomic E-state index is 13.1. The topological polar surface area (TPSA) is 87.7 Å². The maximum Gasteiger partial charge on any atom is 0.407 e. The molecular formula is C22H35N5O3. The van der Waals surface area contributed by atoms with Crippen molar-refractivity contribution in [2.24, 2.45) is 5.41 Å². The molecule has 0 aromatic carbocycles. The Hall–Kier alpha value is -2.38. The minimum absolute atomic E-state index is 0.175. The first-order chi connectivity index (χ1) is 14.3. The van der Waals surface area contributed by atoms with Gasteiger partial charge in [-0.15, -0.1) is 0 Å². The van der Waals surface area contributed by atoms with E-state index in [1.807, 2.05) is 25.7 Å². The molecule has 8 nitrogen and oxygen atoms in total. The van der Waals surface area contributed by atoms with Gasteiger partial charge in [-0.25, -0.2) is 14.8 Å². The van der Waals surface area contributed by atoms with E-state index in [-0.39, 0.29) is 11.3 Å². The summed E-state index contributed by atoms with van der Waals surface area (Å²) in [5.74, 6) is 0.895. The molecule has 8 heteroatoms. The number of rotatable bonds is 5. The number of carbonyl (C=O) groups excluding carboxylic acids is 2. The number of hydrogen-bond donors (Lipinski definition) is 1.